The monoisotopic (exact) mass is 439 g/mol. The molecule has 0 spiro atoms. The van der Waals surface area contributed by atoms with E-state index >= 15 is 0 Å². The third kappa shape index (κ3) is 5.23. The molecule has 0 amide bonds. The number of aromatic carboxylic acids is 1. The number of benzene rings is 2. The van der Waals surface area contributed by atoms with Gasteiger partial charge in [0.05, 0.1) is 31.0 Å². The first-order valence-electron chi connectivity index (χ1n) is 10.8. The van der Waals surface area contributed by atoms with E-state index in [1.807, 2.05) is 6.07 Å². The Morgan fingerprint density at radius 2 is 1.78 bits per heavy atom. The van der Waals surface area contributed by atoms with Crippen LogP contribution in [0.25, 0.3) is 11.5 Å². The summed E-state index contributed by atoms with van der Waals surface area (Å²) >= 11 is 0. The molecule has 0 saturated heterocycles. The number of hydrogen-bond donors (Lipinski definition) is 1. The average molecular weight is 439 g/mol. The third-order valence-corrected chi connectivity index (χ3v) is 5.76. The van der Waals surface area contributed by atoms with Crippen LogP contribution in [0.1, 0.15) is 52.9 Å². The molecule has 0 radical (unpaired) electrons. The summed E-state index contributed by atoms with van der Waals surface area (Å²) in [6.45, 7) is 2.30. The highest BCUT2D eigenvalue weighted by Gasteiger charge is 2.27. The van der Waals surface area contributed by atoms with Crippen LogP contribution in [0, 0.1) is 12.7 Å². The van der Waals surface area contributed by atoms with E-state index in [-0.39, 0.29) is 31.2 Å². The van der Waals surface area contributed by atoms with Crippen LogP contribution >= 0.6 is 0 Å². The number of carboxylic acids is 1. The van der Waals surface area contributed by atoms with Gasteiger partial charge < -0.3 is 19.0 Å². The van der Waals surface area contributed by atoms with Gasteiger partial charge in [-0.05, 0) is 55.2 Å². The highest BCUT2D eigenvalue weighted by molar-refractivity contribution is 5.91. The van der Waals surface area contributed by atoms with Crippen LogP contribution in [0.3, 0.4) is 0 Å². The highest BCUT2D eigenvalue weighted by Crippen LogP contribution is 2.27. The molecule has 6 nitrogen and oxygen atoms in total. The Balaban J connectivity index is 1.37. The summed E-state index contributed by atoms with van der Waals surface area (Å²) in [6.07, 6.45) is 5.15. The molecule has 1 saturated carbocycles. The van der Waals surface area contributed by atoms with Crippen molar-refractivity contribution >= 4 is 5.97 Å². The summed E-state index contributed by atoms with van der Waals surface area (Å²) in [5, 5.41) is 9.53. The second-order valence-corrected chi connectivity index (χ2v) is 8.05. The van der Waals surface area contributed by atoms with Crippen molar-refractivity contribution < 1.29 is 28.2 Å². The first-order valence-corrected chi connectivity index (χ1v) is 10.8. The molecule has 1 aliphatic rings. The predicted molar refractivity (Wildman–Crippen MR) is 116 cm³/mol. The maximum Gasteiger partial charge on any atom is 0.336 e. The Morgan fingerprint density at radius 1 is 1.09 bits per heavy atom. The van der Waals surface area contributed by atoms with Crippen molar-refractivity contribution in [1.29, 1.82) is 0 Å². The first kappa shape index (κ1) is 22.2. The van der Waals surface area contributed by atoms with Gasteiger partial charge in [-0.15, -0.1) is 0 Å². The van der Waals surface area contributed by atoms with Crippen molar-refractivity contribution in [2.45, 2.75) is 58.0 Å². The van der Waals surface area contributed by atoms with E-state index in [0.717, 1.165) is 31.2 Å². The summed E-state index contributed by atoms with van der Waals surface area (Å²) in [7, 11) is 0. The quantitative estimate of drug-likeness (QED) is 0.497. The molecule has 1 heterocycles. The number of hydrogen-bond acceptors (Lipinski definition) is 5. The Morgan fingerprint density at radius 3 is 2.47 bits per heavy atom. The number of halogens is 1. The molecule has 0 bridgehead atoms. The van der Waals surface area contributed by atoms with Crippen LogP contribution < -0.4 is 0 Å². The van der Waals surface area contributed by atoms with Crippen molar-refractivity contribution in [3.63, 3.8) is 0 Å². The van der Waals surface area contributed by atoms with Gasteiger partial charge in [-0.3, -0.25) is 0 Å². The van der Waals surface area contributed by atoms with Gasteiger partial charge in [0.2, 0.25) is 5.89 Å². The number of nitrogens with zero attached hydrogens (tertiary/aromatic N) is 1. The zero-order valence-corrected chi connectivity index (χ0v) is 17.9. The van der Waals surface area contributed by atoms with Crippen molar-refractivity contribution in [1.82, 2.24) is 4.98 Å². The van der Waals surface area contributed by atoms with Gasteiger partial charge in [0, 0.05) is 5.56 Å². The standard InChI is InChI=1S/C25H26FNO5/c1-16-5-4-6-18(23(16)25(28)29)13-30-21-7-2-3-8-22(21)31-14-20-15-32-24(27-20)17-9-11-19(26)12-10-17/h4-6,9-12,15,21-22H,2-3,7-8,13-14H2,1H3,(H,28,29)/t21-,22?/m0/s1. The number of aryl methyl sites for hydroxylation is 1. The minimum Gasteiger partial charge on any atom is -0.478 e. The maximum atomic E-state index is 13.1. The molecule has 32 heavy (non-hydrogen) atoms. The highest BCUT2D eigenvalue weighted by atomic mass is 19.1. The minimum absolute atomic E-state index is 0.104. The molecule has 1 fully saturated rings. The number of aromatic nitrogens is 1. The zero-order chi connectivity index (χ0) is 22.5. The second-order valence-electron chi connectivity index (χ2n) is 8.05. The lowest BCUT2D eigenvalue weighted by molar-refractivity contribution is -0.104. The van der Waals surface area contributed by atoms with Gasteiger partial charge in [0.1, 0.15) is 17.8 Å². The lowest BCUT2D eigenvalue weighted by Crippen LogP contribution is -2.34. The molecular weight excluding hydrogens is 413 g/mol. The van der Waals surface area contributed by atoms with Crippen molar-refractivity contribution in [3.05, 3.63) is 76.9 Å². The first-order chi connectivity index (χ1) is 15.5. The van der Waals surface area contributed by atoms with Crippen LogP contribution in [-0.2, 0) is 22.7 Å². The van der Waals surface area contributed by atoms with Crippen molar-refractivity contribution in [2.75, 3.05) is 0 Å². The molecule has 1 aliphatic carbocycles. The van der Waals surface area contributed by atoms with E-state index in [1.54, 1.807) is 37.5 Å². The van der Waals surface area contributed by atoms with Crippen LogP contribution in [-0.4, -0.2) is 28.3 Å². The number of carboxylic acid groups (broad SMARTS) is 1. The van der Waals surface area contributed by atoms with E-state index in [2.05, 4.69) is 4.98 Å². The Hall–Kier alpha value is -3.03. The van der Waals surface area contributed by atoms with E-state index in [9.17, 15) is 14.3 Å². The van der Waals surface area contributed by atoms with Crippen LogP contribution in [0.15, 0.2) is 53.1 Å². The average Bonchev–Trinajstić information content (AvgIpc) is 3.26. The van der Waals surface area contributed by atoms with Gasteiger partial charge in [0.15, 0.2) is 0 Å². The normalized spacial score (nSPS) is 18.6. The van der Waals surface area contributed by atoms with Gasteiger partial charge in [-0.1, -0.05) is 31.0 Å². The Bertz CT molecular complexity index is 1060. The molecule has 0 aliphatic heterocycles. The maximum absolute atomic E-state index is 13.1. The lowest BCUT2D eigenvalue weighted by atomic mass is 9.94. The van der Waals surface area contributed by atoms with Crippen LogP contribution in [0.4, 0.5) is 4.39 Å². The van der Waals surface area contributed by atoms with E-state index in [0.29, 0.717) is 28.3 Å². The van der Waals surface area contributed by atoms with E-state index in [4.69, 9.17) is 13.9 Å². The topological polar surface area (TPSA) is 81.8 Å². The van der Waals surface area contributed by atoms with E-state index in [1.165, 1.54) is 12.1 Å². The molecule has 1 N–H and O–H groups in total. The predicted octanol–water partition coefficient (Wildman–Crippen LogP) is 5.53. The fourth-order valence-corrected chi connectivity index (χ4v) is 4.09. The summed E-state index contributed by atoms with van der Waals surface area (Å²) < 4.78 is 30.9. The summed E-state index contributed by atoms with van der Waals surface area (Å²) in [4.78, 5) is 16.1. The lowest BCUT2D eigenvalue weighted by Gasteiger charge is -2.31. The Labute approximate surface area is 186 Å². The number of oxazole rings is 1. The minimum atomic E-state index is -0.943. The van der Waals surface area contributed by atoms with Gasteiger partial charge in [0.25, 0.3) is 0 Å². The van der Waals surface area contributed by atoms with Crippen molar-refractivity contribution in [3.8, 4) is 11.5 Å². The molecule has 1 unspecified atom stereocenters. The van der Waals surface area contributed by atoms with E-state index < -0.39 is 5.97 Å². The molecule has 168 valence electrons. The summed E-state index contributed by atoms with van der Waals surface area (Å²) in [5.74, 6) is -0.838. The van der Waals surface area contributed by atoms with Crippen molar-refractivity contribution in [2.24, 2.45) is 0 Å². The fourth-order valence-electron chi connectivity index (χ4n) is 4.09. The van der Waals surface area contributed by atoms with Gasteiger partial charge in [-0.2, -0.15) is 0 Å². The van der Waals surface area contributed by atoms with Gasteiger partial charge >= 0.3 is 5.97 Å². The van der Waals surface area contributed by atoms with Gasteiger partial charge in [-0.25, -0.2) is 14.2 Å². The molecule has 1 aromatic heterocycles. The molecular formula is C25H26FNO5. The third-order valence-electron chi connectivity index (χ3n) is 5.76. The molecule has 2 aromatic carbocycles. The second kappa shape index (κ2) is 10.1. The summed E-state index contributed by atoms with van der Waals surface area (Å²) in [5.41, 5.74) is 3.04. The number of ether oxygens (including phenoxy) is 2. The molecule has 3 aromatic rings. The summed E-state index contributed by atoms with van der Waals surface area (Å²) in [6, 6.07) is 11.4. The largest absolute Gasteiger partial charge is 0.478 e. The SMILES string of the molecule is Cc1cccc(CO[C@H]2CCCCC2OCc2coc(-c3ccc(F)cc3)n2)c1C(=O)O. The number of carbonyl (C=O) groups is 1. The molecule has 4 rings (SSSR count). The smallest absolute Gasteiger partial charge is 0.336 e. The molecule has 7 heteroatoms. The fraction of sp³-hybridized carbons (Fsp3) is 0.360. The molecule has 2 atom stereocenters. The van der Waals surface area contributed by atoms with Crippen LogP contribution in [0.5, 0.6) is 0 Å². The van der Waals surface area contributed by atoms with Crippen LogP contribution in [0.2, 0.25) is 0 Å². The Kier molecular flexibility index (Phi) is 6.97. The zero-order valence-electron chi connectivity index (χ0n) is 17.9. The number of rotatable bonds is 8.